The lowest BCUT2D eigenvalue weighted by molar-refractivity contribution is 0.0342. The molecule has 2 N–H and O–H groups in total. The summed E-state index contributed by atoms with van der Waals surface area (Å²) in [6, 6.07) is 19.4. The number of aliphatic imine (C=N–C) groups is 1. The van der Waals surface area contributed by atoms with Crippen LogP contribution in [0.2, 0.25) is 0 Å². The lowest BCUT2D eigenvalue weighted by Crippen LogP contribution is -2.38. The fraction of sp³-hybridized carbons (Fsp3) is 0.435. The van der Waals surface area contributed by atoms with E-state index >= 15 is 0 Å². The molecule has 0 spiro atoms. The molecule has 2 aromatic rings. The topological polar surface area (TPSA) is 48.9 Å². The Kier molecular flexibility index (Phi) is 10.5. The van der Waals surface area contributed by atoms with Crippen molar-refractivity contribution in [1.29, 1.82) is 0 Å². The second-order valence-corrected chi connectivity index (χ2v) is 7.32. The summed E-state index contributed by atoms with van der Waals surface area (Å²) in [7, 11) is 1.81. The Balaban J connectivity index is 0.00000300. The molecule has 1 fully saturated rings. The molecule has 29 heavy (non-hydrogen) atoms. The number of benzene rings is 2. The summed E-state index contributed by atoms with van der Waals surface area (Å²) in [5, 5.41) is 6.83. The molecule has 158 valence electrons. The molecule has 1 unspecified atom stereocenters. The minimum absolute atomic E-state index is 0. The Morgan fingerprint density at radius 3 is 2.31 bits per heavy atom. The first kappa shape index (κ1) is 23.6. The van der Waals surface area contributed by atoms with E-state index in [0.717, 1.165) is 51.9 Å². The van der Waals surface area contributed by atoms with Gasteiger partial charge in [0.2, 0.25) is 0 Å². The van der Waals surface area contributed by atoms with Gasteiger partial charge in [-0.1, -0.05) is 61.5 Å². The average Bonchev–Trinajstić information content (AvgIpc) is 2.76. The second-order valence-electron chi connectivity index (χ2n) is 7.32. The van der Waals surface area contributed by atoms with Crippen LogP contribution in [0.5, 0.6) is 0 Å². The molecule has 2 aromatic carbocycles. The average molecular weight is 508 g/mol. The molecule has 1 heterocycles. The molecule has 0 aliphatic carbocycles. The third-order valence-corrected chi connectivity index (χ3v) is 5.16. The second kappa shape index (κ2) is 12.8. The number of hydrogen-bond donors (Lipinski definition) is 2. The van der Waals surface area contributed by atoms with Gasteiger partial charge in [-0.3, -0.25) is 9.89 Å². The molecule has 6 heteroatoms. The van der Waals surface area contributed by atoms with E-state index in [1.807, 2.05) is 7.05 Å². The molecule has 0 radical (unpaired) electrons. The van der Waals surface area contributed by atoms with E-state index < -0.39 is 0 Å². The van der Waals surface area contributed by atoms with Crippen molar-refractivity contribution in [3.63, 3.8) is 0 Å². The third-order valence-electron chi connectivity index (χ3n) is 5.16. The summed E-state index contributed by atoms with van der Waals surface area (Å²) in [6.45, 7) is 8.56. The molecule has 0 bridgehead atoms. The Morgan fingerprint density at radius 2 is 1.66 bits per heavy atom. The minimum Gasteiger partial charge on any atom is -0.379 e. The standard InChI is InChI=1S/C23H32N4O.HI/c1-19(22-6-4-3-5-7-22)16-25-23(24-2)26-17-20-8-10-21(11-9-20)18-27-12-14-28-15-13-27;/h3-11,19H,12-18H2,1-2H3,(H2,24,25,26);1H. The van der Waals surface area contributed by atoms with Crippen LogP contribution >= 0.6 is 24.0 Å². The van der Waals surface area contributed by atoms with Crippen LogP contribution in [-0.2, 0) is 17.8 Å². The highest BCUT2D eigenvalue weighted by Crippen LogP contribution is 2.13. The maximum absolute atomic E-state index is 5.41. The van der Waals surface area contributed by atoms with Gasteiger partial charge in [-0.2, -0.15) is 0 Å². The van der Waals surface area contributed by atoms with Crippen LogP contribution in [-0.4, -0.2) is 50.8 Å². The highest BCUT2D eigenvalue weighted by atomic mass is 127. The highest BCUT2D eigenvalue weighted by molar-refractivity contribution is 14.0. The van der Waals surface area contributed by atoms with Crippen molar-refractivity contribution >= 4 is 29.9 Å². The minimum atomic E-state index is 0. The van der Waals surface area contributed by atoms with Gasteiger partial charge in [-0.15, -0.1) is 24.0 Å². The van der Waals surface area contributed by atoms with Gasteiger partial charge in [-0.25, -0.2) is 0 Å². The van der Waals surface area contributed by atoms with Crippen LogP contribution in [0.25, 0.3) is 0 Å². The van der Waals surface area contributed by atoms with Crippen molar-refractivity contribution in [1.82, 2.24) is 15.5 Å². The van der Waals surface area contributed by atoms with E-state index in [1.54, 1.807) is 0 Å². The van der Waals surface area contributed by atoms with Crippen LogP contribution in [0.15, 0.2) is 59.6 Å². The van der Waals surface area contributed by atoms with Crippen LogP contribution in [0, 0.1) is 0 Å². The van der Waals surface area contributed by atoms with E-state index in [0.29, 0.717) is 5.92 Å². The molecule has 3 rings (SSSR count). The smallest absolute Gasteiger partial charge is 0.191 e. The van der Waals surface area contributed by atoms with Crippen molar-refractivity contribution in [2.24, 2.45) is 4.99 Å². The molecular formula is C23H33IN4O. The van der Waals surface area contributed by atoms with Crippen molar-refractivity contribution in [2.75, 3.05) is 39.9 Å². The number of ether oxygens (including phenoxy) is 1. The normalized spacial score (nSPS) is 16.0. The fourth-order valence-corrected chi connectivity index (χ4v) is 3.34. The Labute approximate surface area is 192 Å². The summed E-state index contributed by atoms with van der Waals surface area (Å²) in [4.78, 5) is 6.78. The zero-order valence-electron chi connectivity index (χ0n) is 17.4. The van der Waals surface area contributed by atoms with Gasteiger partial charge in [0.15, 0.2) is 5.96 Å². The van der Waals surface area contributed by atoms with Gasteiger partial charge in [0.05, 0.1) is 13.2 Å². The van der Waals surface area contributed by atoms with E-state index in [1.165, 1.54) is 16.7 Å². The summed E-state index contributed by atoms with van der Waals surface area (Å²) in [5.41, 5.74) is 3.94. The number of rotatable bonds is 7. The van der Waals surface area contributed by atoms with Crippen molar-refractivity contribution in [2.45, 2.75) is 25.9 Å². The van der Waals surface area contributed by atoms with Gasteiger partial charge < -0.3 is 15.4 Å². The summed E-state index contributed by atoms with van der Waals surface area (Å²) < 4.78 is 5.41. The predicted octanol–water partition coefficient (Wildman–Crippen LogP) is 3.61. The molecule has 1 atom stereocenters. The molecule has 0 saturated carbocycles. The fourth-order valence-electron chi connectivity index (χ4n) is 3.34. The summed E-state index contributed by atoms with van der Waals surface area (Å²) in [6.07, 6.45) is 0. The van der Waals surface area contributed by atoms with Crippen molar-refractivity contribution in [3.05, 3.63) is 71.3 Å². The van der Waals surface area contributed by atoms with Crippen molar-refractivity contribution < 1.29 is 4.74 Å². The molecule has 1 aliphatic rings. The predicted molar refractivity (Wildman–Crippen MR) is 131 cm³/mol. The van der Waals surface area contributed by atoms with E-state index in [9.17, 15) is 0 Å². The highest BCUT2D eigenvalue weighted by Gasteiger charge is 2.10. The molecule has 0 amide bonds. The lowest BCUT2D eigenvalue weighted by atomic mass is 10.0. The quantitative estimate of drug-likeness (QED) is 0.341. The number of nitrogens with one attached hydrogen (secondary N) is 2. The number of halogens is 1. The maximum atomic E-state index is 5.41. The van der Waals surface area contributed by atoms with Gasteiger partial charge in [0, 0.05) is 39.8 Å². The zero-order valence-corrected chi connectivity index (χ0v) is 19.8. The largest absolute Gasteiger partial charge is 0.379 e. The molecule has 0 aromatic heterocycles. The Morgan fingerprint density at radius 1 is 1.00 bits per heavy atom. The van der Waals surface area contributed by atoms with Gasteiger partial charge in [0.1, 0.15) is 0 Å². The number of hydrogen-bond acceptors (Lipinski definition) is 3. The van der Waals surface area contributed by atoms with Crippen LogP contribution in [0.3, 0.4) is 0 Å². The van der Waals surface area contributed by atoms with Crippen molar-refractivity contribution in [3.8, 4) is 0 Å². The monoisotopic (exact) mass is 508 g/mol. The van der Waals surface area contributed by atoms with Gasteiger partial charge in [0.25, 0.3) is 0 Å². The molecule has 1 aliphatic heterocycles. The van der Waals surface area contributed by atoms with E-state index in [-0.39, 0.29) is 24.0 Å². The van der Waals surface area contributed by atoms with Gasteiger partial charge >= 0.3 is 0 Å². The van der Waals surface area contributed by atoms with E-state index in [2.05, 4.69) is 82.0 Å². The lowest BCUT2D eigenvalue weighted by Gasteiger charge is -2.26. The first-order chi connectivity index (χ1) is 13.7. The summed E-state index contributed by atoms with van der Waals surface area (Å²) >= 11 is 0. The van der Waals surface area contributed by atoms with Crippen LogP contribution in [0.1, 0.15) is 29.5 Å². The molecular weight excluding hydrogens is 475 g/mol. The first-order valence-corrected chi connectivity index (χ1v) is 10.1. The third kappa shape index (κ3) is 7.95. The van der Waals surface area contributed by atoms with Gasteiger partial charge in [-0.05, 0) is 22.6 Å². The SMILES string of the molecule is CN=C(NCc1ccc(CN2CCOCC2)cc1)NCC(C)c1ccccc1.I. The first-order valence-electron chi connectivity index (χ1n) is 10.1. The Bertz CT molecular complexity index is 730. The van der Waals surface area contributed by atoms with Crippen LogP contribution in [0.4, 0.5) is 0 Å². The zero-order chi connectivity index (χ0) is 19.6. The molecule has 5 nitrogen and oxygen atoms in total. The Hall–Kier alpha value is -1.64. The molecule has 1 saturated heterocycles. The maximum Gasteiger partial charge on any atom is 0.191 e. The number of guanidine groups is 1. The number of nitrogens with zero attached hydrogens (tertiary/aromatic N) is 2. The van der Waals surface area contributed by atoms with Crippen LogP contribution < -0.4 is 10.6 Å². The number of morpholine rings is 1. The summed E-state index contributed by atoms with van der Waals surface area (Å²) in [5.74, 6) is 1.26. The van der Waals surface area contributed by atoms with E-state index in [4.69, 9.17) is 4.74 Å².